The van der Waals surface area contributed by atoms with Crippen molar-refractivity contribution in [2.45, 2.75) is 46.6 Å². The molecule has 0 amide bonds. The quantitative estimate of drug-likeness (QED) is 0.613. The maximum absolute atomic E-state index is 10.9. The molecule has 0 aromatic rings. The molecule has 15 heavy (non-hydrogen) atoms. The molecule has 5 heteroatoms. The Labute approximate surface area is 94.4 Å². The minimum atomic E-state index is -2.01. The van der Waals surface area contributed by atoms with Crippen molar-refractivity contribution in [3.63, 3.8) is 0 Å². The summed E-state index contributed by atoms with van der Waals surface area (Å²) in [6, 6.07) is 0. The highest BCUT2D eigenvalue weighted by Crippen LogP contribution is 2.23. The number of carboxylic acid groups (broad SMARTS) is 1. The molecule has 0 aromatic heterocycles. The molecular weight excluding hydrogens is 224 g/mol. The van der Waals surface area contributed by atoms with Crippen LogP contribution in [0.4, 0.5) is 0 Å². The van der Waals surface area contributed by atoms with Gasteiger partial charge in [-0.1, -0.05) is 0 Å². The molecule has 0 saturated heterocycles. The average Bonchev–Trinajstić information content (AvgIpc) is 1.96. The standard InChI is InChI=1S/C10H22O3Si2/c1-8(10(11)12)9(2)15(6,7)13-14(3,4)5/h1-7H3,(H,11,12). The van der Waals surface area contributed by atoms with Crippen molar-refractivity contribution in [3.05, 3.63) is 10.8 Å². The molecular formula is C10H22O3Si2. The summed E-state index contributed by atoms with van der Waals surface area (Å²) >= 11 is 0. The first-order valence-corrected chi connectivity index (χ1v) is 11.4. The summed E-state index contributed by atoms with van der Waals surface area (Å²) in [7, 11) is -3.61. The number of carbonyl (C=O) groups is 1. The summed E-state index contributed by atoms with van der Waals surface area (Å²) in [5, 5.41) is 9.86. The van der Waals surface area contributed by atoms with Gasteiger partial charge in [-0.05, 0) is 51.8 Å². The van der Waals surface area contributed by atoms with E-state index in [1.165, 1.54) is 0 Å². The summed E-state index contributed by atoms with van der Waals surface area (Å²) in [6.45, 7) is 14.1. The van der Waals surface area contributed by atoms with Crippen molar-refractivity contribution in [1.29, 1.82) is 0 Å². The Hall–Kier alpha value is -0.396. The molecule has 0 aliphatic heterocycles. The molecule has 0 saturated carbocycles. The zero-order valence-electron chi connectivity index (χ0n) is 10.8. The van der Waals surface area contributed by atoms with Crippen LogP contribution in [0.3, 0.4) is 0 Å². The minimum absolute atomic E-state index is 0.435. The van der Waals surface area contributed by atoms with E-state index in [4.69, 9.17) is 9.22 Å². The largest absolute Gasteiger partial charge is 0.478 e. The first-order valence-electron chi connectivity index (χ1n) is 5.09. The fourth-order valence-electron chi connectivity index (χ4n) is 1.45. The third-order valence-corrected chi connectivity index (χ3v) is 9.02. The third-order valence-electron chi connectivity index (χ3n) is 2.35. The summed E-state index contributed by atoms with van der Waals surface area (Å²) in [6.07, 6.45) is 0. The third kappa shape index (κ3) is 4.77. The maximum Gasteiger partial charge on any atom is 0.330 e. The Morgan fingerprint density at radius 1 is 1.07 bits per heavy atom. The van der Waals surface area contributed by atoms with Crippen LogP contribution >= 0.6 is 0 Å². The van der Waals surface area contributed by atoms with Crippen LogP contribution in [0.25, 0.3) is 0 Å². The van der Waals surface area contributed by atoms with Crippen LogP contribution in [-0.2, 0) is 8.91 Å². The second-order valence-electron chi connectivity index (χ2n) is 5.28. The van der Waals surface area contributed by atoms with E-state index in [0.717, 1.165) is 5.20 Å². The molecule has 0 unspecified atom stereocenters. The maximum atomic E-state index is 10.9. The van der Waals surface area contributed by atoms with E-state index in [2.05, 4.69) is 32.7 Å². The summed E-state index contributed by atoms with van der Waals surface area (Å²) in [4.78, 5) is 10.9. The van der Waals surface area contributed by atoms with Gasteiger partial charge in [0.05, 0.1) is 0 Å². The van der Waals surface area contributed by atoms with Gasteiger partial charge in [-0.3, -0.25) is 0 Å². The van der Waals surface area contributed by atoms with Crippen molar-refractivity contribution in [1.82, 2.24) is 0 Å². The first-order chi connectivity index (χ1) is 6.47. The Morgan fingerprint density at radius 2 is 1.47 bits per heavy atom. The molecule has 0 aliphatic rings. The smallest absolute Gasteiger partial charge is 0.330 e. The van der Waals surface area contributed by atoms with E-state index in [1.807, 2.05) is 6.92 Å². The molecule has 0 bridgehead atoms. The zero-order chi connectivity index (χ0) is 12.4. The van der Waals surface area contributed by atoms with Crippen LogP contribution in [0.2, 0.25) is 32.7 Å². The zero-order valence-corrected chi connectivity index (χ0v) is 12.8. The predicted octanol–water partition coefficient (Wildman–Crippen LogP) is 3.00. The highest BCUT2D eigenvalue weighted by molar-refractivity contribution is 6.88. The van der Waals surface area contributed by atoms with Crippen molar-refractivity contribution in [3.8, 4) is 0 Å². The van der Waals surface area contributed by atoms with Crippen LogP contribution in [0.15, 0.2) is 10.8 Å². The fraction of sp³-hybridized carbons (Fsp3) is 0.700. The minimum Gasteiger partial charge on any atom is -0.478 e. The van der Waals surface area contributed by atoms with Gasteiger partial charge in [0.15, 0.2) is 8.32 Å². The average molecular weight is 246 g/mol. The van der Waals surface area contributed by atoms with Crippen LogP contribution in [0.1, 0.15) is 13.8 Å². The molecule has 0 spiro atoms. The van der Waals surface area contributed by atoms with E-state index < -0.39 is 22.6 Å². The number of hydrogen-bond acceptors (Lipinski definition) is 2. The Bertz CT molecular complexity index is 288. The predicted molar refractivity (Wildman–Crippen MR) is 67.9 cm³/mol. The lowest BCUT2D eigenvalue weighted by Crippen LogP contribution is -2.44. The molecule has 0 aromatic carbocycles. The molecule has 88 valence electrons. The van der Waals surface area contributed by atoms with Crippen molar-refractivity contribution in [2.75, 3.05) is 0 Å². The van der Waals surface area contributed by atoms with Gasteiger partial charge in [0, 0.05) is 5.57 Å². The number of carboxylic acids is 1. The second-order valence-corrected chi connectivity index (χ2v) is 14.1. The monoisotopic (exact) mass is 246 g/mol. The van der Waals surface area contributed by atoms with Crippen LogP contribution < -0.4 is 0 Å². The van der Waals surface area contributed by atoms with Crippen LogP contribution in [-0.4, -0.2) is 27.7 Å². The lowest BCUT2D eigenvalue weighted by Gasteiger charge is -2.32. The van der Waals surface area contributed by atoms with Gasteiger partial charge in [-0.15, -0.1) is 0 Å². The van der Waals surface area contributed by atoms with E-state index in [1.54, 1.807) is 6.92 Å². The molecule has 0 heterocycles. The fourth-order valence-corrected chi connectivity index (χ4v) is 9.20. The molecule has 0 aliphatic carbocycles. The SMILES string of the molecule is CC(C(=O)O)=C(C)[Si](C)(C)O[Si](C)(C)C. The number of hydrogen-bond donors (Lipinski definition) is 1. The Balaban J connectivity index is 5.04. The van der Waals surface area contributed by atoms with Crippen molar-refractivity contribution >= 4 is 22.6 Å². The van der Waals surface area contributed by atoms with E-state index in [0.29, 0.717) is 5.57 Å². The first kappa shape index (κ1) is 14.6. The lowest BCUT2D eigenvalue weighted by molar-refractivity contribution is -0.132. The topological polar surface area (TPSA) is 46.5 Å². The molecule has 0 atom stereocenters. The molecule has 3 nitrogen and oxygen atoms in total. The number of aliphatic carboxylic acids is 1. The van der Waals surface area contributed by atoms with Gasteiger partial charge in [0.2, 0.25) is 8.32 Å². The van der Waals surface area contributed by atoms with Crippen LogP contribution in [0, 0.1) is 0 Å². The van der Waals surface area contributed by atoms with Crippen molar-refractivity contribution < 1.29 is 14.0 Å². The lowest BCUT2D eigenvalue weighted by atomic mass is 10.3. The van der Waals surface area contributed by atoms with Gasteiger partial charge in [-0.2, -0.15) is 0 Å². The molecule has 0 rings (SSSR count). The second kappa shape index (κ2) is 4.63. The van der Waals surface area contributed by atoms with E-state index in [9.17, 15) is 4.79 Å². The van der Waals surface area contributed by atoms with Gasteiger partial charge < -0.3 is 9.22 Å². The summed E-state index contributed by atoms with van der Waals surface area (Å²) < 4.78 is 6.11. The number of rotatable bonds is 4. The summed E-state index contributed by atoms with van der Waals surface area (Å²) in [5.74, 6) is -0.841. The van der Waals surface area contributed by atoms with Crippen LogP contribution in [0.5, 0.6) is 0 Å². The molecule has 0 radical (unpaired) electrons. The van der Waals surface area contributed by atoms with Gasteiger partial charge >= 0.3 is 5.97 Å². The van der Waals surface area contributed by atoms with Gasteiger partial charge in [0.25, 0.3) is 0 Å². The highest BCUT2D eigenvalue weighted by Gasteiger charge is 2.33. The van der Waals surface area contributed by atoms with E-state index in [-0.39, 0.29) is 0 Å². The Kier molecular flexibility index (Phi) is 4.51. The number of allylic oxidation sites excluding steroid dienone is 1. The molecule has 0 fully saturated rings. The summed E-state index contributed by atoms with van der Waals surface area (Å²) in [5.41, 5.74) is 0.435. The Morgan fingerprint density at radius 3 is 1.73 bits per heavy atom. The normalized spacial score (nSPS) is 14.9. The van der Waals surface area contributed by atoms with Gasteiger partial charge in [-0.25, -0.2) is 4.79 Å². The van der Waals surface area contributed by atoms with Crippen molar-refractivity contribution in [2.24, 2.45) is 0 Å². The highest BCUT2D eigenvalue weighted by atomic mass is 28.4. The van der Waals surface area contributed by atoms with E-state index >= 15 is 0 Å². The van der Waals surface area contributed by atoms with Gasteiger partial charge in [0.1, 0.15) is 0 Å². The molecule has 1 N–H and O–H groups in total.